The molecule has 0 saturated carbocycles. The lowest BCUT2D eigenvalue weighted by atomic mass is 10.1. The molecule has 1 fully saturated rings. The van der Waals surface area contributed by atoms with Crippen LogP contribution in [0, 0.1) is 5.92 Å². The molecule has 1 aliphatic rings. The Bertz CT molecular complexity index is 560. The lowest BCUT2D eigenvalue weighted by Gasteiger charge is -2.15. The fraction of sp³-hybridized carbons (Fsp3) is 0.600. The van der Waals surface area contributed by atoms with Crippen LogP contribution >= 0.6 is 0 Å². The van der Waals surface area contributed by atoms with E-state index < -0.39 is 0 Å². The number of hydrogen-bond donors (Lipinski definition) is 0. The Morgan fingerprint density at radius 2 is 2.26 bits per heavy atom. The average Bonchev–Trinajstić information content (AvgIpc) is 3.04. The molecule has 0 spiro atoms. The zero-order chi connectivity index (χ0) is 13.2. The molecule has 0 bridgehead atoms. The van der Waals surface area contributed by atoms with Crippen LogP contribution in [0.4, 0.5) is 0 Å². The van der Waals surface area contributed by atoms with Crippen molar-refractivity contribution in [3.8, 4) is 0 Å². The molecule has 4 nitrogen and oxygen atoms in total. The van der Waals surface area contributed by atoms with E-state index in [0.29, 0.717) is 0 Å². The van der Waals surface area contributed by atoms with Crippen LogP contribution in [0.3, 0.4) is 0 Å². The number of hydrogen-bond acceptors (Lipinski definition) is 3. The second-order valence-electron chi connectivity index (χ2n) is 5.39. The van der Waals surface area contributed by atoms with Crippen LogP contribution in [-0.4, -0.2) is 39.1 Å². The first-order valence-electron chi connectivity index (χ1n) is 7.34. The third-order valence-electron chi connectivity index (χ3n) is 4.16. The maximum Gasteiger partial charge on any atom is 0.159 e. The topological polar surface area (TPSA) is 34.0 Å². The van der Waals surface area contributed by atoms with Crippen molar-refractivity contribution in [3.05, 3.63) is 24.2 Å². The van der Waals surface area contributed by atoms with E-state index in [2.05, 4.69) is 34.4 Å². The van der Waals surface area contributed by atoms with Gasteiger partial charge in [-0.05, 0) is 37.6 Å². The van der Waals surface area contributed by atoms with Crippen LogP contribution in [0.15, 0.2) is 18.3 Å². The Morgan fingerprint density at radius 1 is 1.37 bits per heavy atom. The second kappa shape index (κ2) is 5.29. The van der Waals surface area contributed by atoms with Crippen molar-refractivity contribution in [2.45, 2.75) is 33.2 Å². The number of fused-ring (bicyclic) bond motifs is 1. The van der Waals surface area contributed by atoms with Gasteiger partial charge in [-0.2, -0.15) is 0 Å². The minimum absolute atomic E-state index is 0.740. The van der Waals surface area contributed by atoms with E-state index in [1.165, 1.54) is 31.9 Å². The standard InChI is InChI=1S/C15H22N4/c1-3-14-17-13-6-5-8-16-15(13)19(14)11-12-7-9-18(4-2)10-12/h5-6,8,12H,3-4,7,9-11H2,1-2H3. The van der Waals surface area contributed by atoms with Crippen molar-refractivity contribution in [1.29, 1.82) is 0 Å². The Balaban J connectivity index is 1.87. The van der Waals surface area contributed by atoms with Crippen molar-refractivity contribution in [2.24, 2.45) is 5.92 Å². The highest BCUT2D eigenvalue weighted by Crippen LogP contribution is 2.21. The van der Waals surface area contributed by atoms with Crippen LogP contribution in [0.2, 0.25) is 0 Å². The maximum absolute atomic E-state index is 4.70. The monoisotopic (exact) mass is 258 g/mol. The van der Waals surface area contributed by atoms with Crippen molar-refractivity contribution in [3.63, 3.8) is 0 Å². The number of nitrogens with zero attached hydrogens (tertiary/aromatic N) is 4. The highest BCUT2D eigenvalue weighted by Gasteiger charge is 2.23. The molecule has 0 aromatic carbocycles. The van der Waals surface area contributed by atoms with E-state index in [4.69, 9.17) is 4.98 Å². The lowest BCUT2D eigenvalue weighted by Crippen LogP contribution is -2.21. The molecule has 1 saturated heterocycles. The molecule has 19 heavy (non-hydrogen) atoms. The molecule has 1 aliphatic heterocycles. The van der Waals surface area contributed by atoms with Crippen LogP contribution in [-0.2, 0) is 13.0 Å². The zero-order valence-electron chi connectivity index (χ0n) is 11.8. The van der Waals surface area contributed by atoms with E-state index in [0.717, 1.165) is 30.0 Å². The summed E-state index contributed by atoms with van der Waals surface area (Å²) in [5.41, 5.74) is 2.08. The predicted molar refractivity (Wildman–Crippen MR) is 77.1 cm³/mol. The average molecular weight is 258 g/mol. The molecule has 0 aliphatic carbocycles. The Hall–Kier alpha value is -1.42. The third kappa shape index (κ3) is 2.37. The number of rotatable bonds is 4. The first-order valence-corrected chi connectivity index (χ1v) is 7.34. The van der Waals surface area contributed by atoms with Gasteiger partial charge in [0.05, 0.1) is 0 Å². The summed E-state index contributed by atoms with van der Waals surface area (Å²) in [5.74, 6) is 1.91. The third-order valence-corrected chi connectivity index (χ3v) is 4.16. The van der Waals surface area contributed by atoms with Crippen LogP contribution < -0.4 is 0 Å². The molecule has 0 radical (unpaired) electrons. The van der Waals surface area contributed by atoms with Crippen molar-refractivity contribution in [2.75, 3.05) is 19.6 Å². The summed E-state index contributed by atoms with van der Waals surface area (Å²) in [5, 5.41) is 0. The van der Waals surface area contributed by atoms with E-state index in [9.17, 15) is 0 Å². The Labute approximate surface area is 114 Å². The van der Waals surface area contributed by atoms with Gasteiger partial charge in [-0.15, -0.1) is 0 Å². The minimum atomic E-state index is 0.740. The molecule has 2 aromatic heterocycles. The lowest BCUT2D eigenvalue weighted by molar-refractivity contribution is 0.332. The van der Waals surface area contributed by atoms with Gasteiger partial charge in [-0.3, -0.25) is 0 Å². The molecule has 2 aromatic rings. The minimum Gasteiger partial charge on any atom is -0.312 e. The summed E-state index contributed by atoms with van der Waals surface area (Å²) in [7, 11) is 0. The molecule has 1 unspecified atom stereocenters. The van der Waals surface area contributed by atoms with Gasteiger partial charge in [0.1, 0.15) is 11.3 Å². The van der Waals surface area contributed by atoms with Gasteiger partial charge in [-0.25, -0.2) is 9.97 Å². The number of imidazole rings is 1. The number of pyridine rings is 1. The highest BCUT2D eigenvalue weighted by atomic mass is 15.2. The number of aromatic nitrogens is 3. The fourth-order valence-corrected chi connectivity index (χ4v) is 3.07. The van der Waals surface area contributed by atoms with Crippen molar-refractivity contribution >= 4 is 11.2 Å². The number of aryl methyl sites for hydroxylation is 1. The molecule has 4 heteroatoms. The summed E-state index contributed by atoms with van der Waals surface area (Å²) in [4.78, 5) is 11.7. The predicted octanol–water partition coefficient (Wildman–Crippen LogP) is 2.34. The highest BCUT2D eigenvalue weighted by molar-refractivity contribution is 5.71. The Kier molecular flexibility index (Phi) is 3.51. The molecule has 3 heterocycles. The molecule has 0 N–H and O–H groups in total. The Morgan fingerprint density at radius 3 is 3.00 bits per heavy atom. The van der Waals surface area contributed by atoms with E-state index in [1.54, 1.807) is 0 Å². The quantitative estimate of drug-likeness (QED) is 0.844. The van der Waals surface area contributed by atoms with Crippen LogP contribution in [0.1, 0.15) is 26.1 Å². The molecule has 1 atom stereocenters. The molecular formula is C15H22N4. The van der Waals surface area contributed by atoms with Gasteiger partial charge < -0.3 is 9.47 Å². The van der Waals surface area contributed by atoms with Crippen molar-refractivity contribution < 1.29 is 0 Å². The molecule has 102 valence electrons. The number of likely N-dealkylation sites (tertiary alicyclic amines) is 1. The molecular weight excluding hydrogens is 236 g/mol. The molecule has 3 rings (SSSR count). The van der Waals surface area contributed by atoms with Gasteiger partial charge >= 0.3 is 0 Å². The van der Waals surface area contributed by atoms with Gasteiger partial charge in [-0.1, -0.05) is 13.8 Å². The zero-order valence-corrected chi connectivity index (χ0v) is 11.8. The summed E-state index contributed by atoms with van der Waals surface area (Å²) >= 11 is 0. The maximum atomic E-state index is 4.70. The van der Waals surface area contributed by atoms with Gasteiger partial charge in [0.2, 0.25) is 0 Å². The van der Waals surface area contributed by atoms with Crippen LogP contribution in [0.5, 0.6) is 0 Å². The van der Waals surface area contributed by atoms with Crippen molar-refractivity contribution in [1.82, 2.24) is 19.4 Å². The summed E-state index contributed by atoms with van der Waals surface area (Å²) in [6, 6.07) is 4.03. The fourth-order valence-electron chi connectivity index (χ4n) is 3.07. The second-order valence-corrected chi connectivity index (χ2v) is 5.39. The smallest absolute Gasteiger partial charge is 0.159 e. The summed E-state index contributed by atoms with van der Waals surface area (Å²) in [6.45, 7) is 9.10. The van der Waals surface area contributed by atoms with Gasteiger partial charge in [0, 0.05) is 25.7 Å². The normalized spacial score (nSPS) is 20.4. The first-order chi connectivity index (χ1) is 9.31. The van der Waals surface area contributed by atoms with E-state index >= 15 is 0 Å². The van der Waals surface area contributed by atoms with Gasteiger partial charge in [0.25, 0.3) is 0 Å². The largest absolute Gasteiger partial charge is 0.312 e. The van der Waals surface area contributed by atoms with Gasteiger partial charge in [0.15, 0.2) is 5.65 Å². The summed E-state index contributed by atoms with van der Waals surface area (Å²) in [6.07, 6.45) is 4.14. The summed E-state index contributed by atoms with van der Waals surface area (Å²) < 4.78 is 2.33. The first kappa shape index (κ1) is 12.6. The molecule has 0 amide bonds. The van der Waals surface area contributed by atoms with Crippen LogP contribution in [0.25, 0.3) is 11.2 Å². The SMILES string of the molecule is CCc1nc2cccnc2n1CC1CCN(CC)C1. The van der Waals surface area contributed by atoms with E-state index in [1.807, 2.05) is 12.3 Å². The van der Waals surface area contributed by atoms with E-state index in [-0.39, 0.29) is 0 Å².